The highest BCUT2D eigenvalue weighted by molar-refractivity contribution is 7.99. The molecule has 1 aliphatic heterocycles. The van der Waals surface area contributed by atoms with Crippen molar-refractivity contribution in [1.82, 2.24) is 39.7 Å². The zero-order chi connectivity index (χ0) is 29.6. The summed E-state index contributed by atoms with van der Waals surface area (Å²) in [6, 6.07) is 11.2. The molecule has 0 aliphatic carbocycles. The minimum atomic E-state index is -2.29. The number of rotatable bonds is 6. The predicted octanol–water partition coefficient (Wildman–Crippen LogP) is 3.09. The first-order valence-electron chi connectivity index (χ1n) is 13.3. The lowest BCUT2D eigenvalue weighted by Gasteiger charge is -2.32. The first-order valence-corrected chi connectivity index (χ1v) is 15.5. The number of benzene rings is 1. The van der Waals surface area contributed by atoms with Gasteiger partial charge in [0.2, 0.25) is 5.82 Å². The molecule has 5 aromatic rings. The number of H-pyrrole nitrogens is 1. The summed E-state index contributed by atoms with van der Waals surface area (Å²) in [4.78, 5) is 40.2. The molecule has 4 aromatic heterocycles. The summed E-state index contributed by atoms with van der Waals surface area (Å²) in [5.74, 6) is 3.70. The molecule has 214 valence electrons. The van der Waals surface area contributed by atoms with Crippen LogP contribution >= 0.6 is 0 Å². The Balaban J connectivity index is 1.31. The van der Waals surface area contributed by atoms with Crippen LogP contribution in [0.15, 0.2) is 60.0 Å². The Morgan fingerprint density at radius 2 is 1.79 bits per heavy atom. The molecular weight excluding hydrogens is 554 g/mol. The van der Waals surface area contributed by atoms with Crippen molar-refractivity contribution in [2.45, 2.75) is 30.6 Å². The molecule has 5 heterocycles. The number of nitrogen functional groups attached to an aromatic ring is 1. The molecule has 1 saturated heterocycles. The Morgan fingerprint density at radius 1 is 1.07 bits per heavy atom. The number of carbonyl (C=O) groups is 2. The van der Waals surface area contributed by atoms with E-state index in [0.717, 1.165) is 22.4 Å². The molecule has 0 spiro atoms. The number of likely N-dealkylation sites (tertiary alicyclic amines) is 1. The van der Waals surface area contributed by atoms with Gasteiger partial charge in [0.1, 0.15) is 12.1 Å². The number of nitrogens with zero attached hydrogens (tertiary/aromatic N) is 7. The number of anilines is 1. The van der Waals surface area contributed by atoms with Crippen LogP contribution in [0.25, 0.3) is 28.0 Å². The van der Waals surface area contributed by atoms with Crippen LogP contribution in [0.4, 0.5) is 5.82 Å². The molecule has 1 unspecified atom stereocenters. The van der Waals surface area contributed by atoms with Gasteiger partial charge in [-0.3, -0.25) is 18.8 Å². The fraction of sp³-hybridized carbons (Fsp3) is 0.241. The van der Waals surface area contributed by atoms with E-state index in [2.05, 4.69) is 31.1 Å². The number of fused-ring (bicyclic) bond motifs is 1. The second-order valence-electron chi connectivity index (χ2n) is 10.5. The van der Waals surface area contributed by atoms with E-state index in [-0.39, 0.29) is 29.3 Å². The van der Waals surface area contributed by atoms with Gasteiger partial charge in [0.15, 0.2) is 11.4 Å². The number of ketones is 1. The molecule has 3 N–H and O–H groups in total. The largest absolute Gasteiger partial charge is 0.383 e. The Hall–Kier alpha value is -4.91. The molecule has 1 fully saturated rings. The first kappa shape index (κ1) is 27.3. The van der Waals surface area contributed by atoms with Crippen molar-refractivity contribution in [1.29, 1.82) is 0 Å². The summed E-state index contributed by atoms with van der Waals surface area (Å²) in [5, 5.41) is 12.0. The van der Waals surface area contributed by atoms with Crippen LogP contribution in [0, 0.1) is 0 Å². The fourth-order valence-electron chi connectivity index (χ4n) is 5.35. The number of carbonyl (C=O) groups excluding carboxylic acids is 2. The maximum atomic E-state index is 12.8. The Kier molecular flexibility index (Phi) is 6.81. The number of piperidine rings is 1. The SMILES string of the molecule is C=S(C)(=O)c1ccc(-c2ccc(-c3cnn4c(N)c(C(C)=O)c(C5CCN(C(=O)c6nnc[nH]6)CC5)nc34)cn2)cc1. The molecule has 1 aliphatic rings. The molecule has 0 bridgehead atoms. The Labute approximate surface area is 242 Å². The number of pyridine rings is 1. The maximum Gasteiger partial charge on any atom is 0.291 e. The van der Waals surface area contributed by atoms with E-state index >= 15 is 0 Å². The second kappa shape index (κ2) is 10.5. The Morgan fingerprint density at radius 3 is 2.38 bits per heavy atom. The van der Waals surface area contributed by atoms with E-state index in [9.17, 15) is 13.8 Å². The molecule has 0 saturated carbocycles. The fourth-order valence-corrected chi connectivity index (χ4v) is 6.06. The summed E-state index contributed by atoms with van der Waals surface area (Å²) in [6.07, 6.45) is 7.63. The normalized spacial score (nSPS) is 15.5. The van der Waals surface area contributed by atoms with E-state index in [1.165, 1.54) is 17.8 Å². The third-order valence-electron chi connectivity index (χ3n) is 7.57. The van der Waals surface area contributed by atoms with Gasteiger partial charge in [-0.25, -0.2) is 4.98 Å². The average molecular weight is 584 g/mol. The van der Waals surface area contributed by atoms with Gasteiger partial charge in [-0.05, 0) is 53.4 Å². The van der Waals surface area contributed by atoms with Crippen molar-refractivity contribution < 1.29 is 13.8 Å². The van der Waals surface area contributed by atoms with Gasteiger partial charge >= 0.3 is 0 Å². The zero-order valence-corrected chi connectivity index (χ0v) is 24.0. The summed E-state index contributed by atoms with van der Waals surface area (Å²) in [5.41, 5.74) is 11.2. The summed E-state index contributed by atoms with van der Waals surface area (Å²) >= 11 is 0. The molecular formula is C29H29N9O3S. The quantitative estimate of drug-likeness (QED) is 0.226. The van der Waals surface area contributed by atoms with Crippen molar-refractivity contribution in [2.24, 2.45) is 0 Å². The molecule has 1 aromatic carbocycles. The monoisotopic (exact) mass is 583 g/mol. The molecule has 13 heteroatoms. The van der Waals surface area contributed by atoms with Crippen LogP contribution < -0.4 is 5.73 Å². The first-order chi connectivity index (χ1) is 20.1. The summed E-state index contributed by atoms with van der Waals surface area (Å²) in [6.45, 7) is 2.44. The van der Waals surface area contributed by atoms with Gasteiger partial charge in [-0.1, -0.05) is 18.2 Å². The van der Waals surface area contributed by atoms with E-state index < -0.39 is 9.52 Å². The second-order valence-corrected chi connectivity index (χ2v) is 13.0. The van der Waals surface area contributed by atoms with Crippen molar-refractivity contribution in [3.05, 3.63) is 72.2 Å². The summed E-state index contributed by atoms with van der Waals surface area (Å²) < 4.78 is 13.7. The number of nitrogens with one attached hydrogen (secondary N) is 1. The predicted molar refractivity (Wildman–Crippen MR) is 160 cm³/mol. The molecule has 12 nitrogen and oxygen atoms in total. The highest BCUT2D eigenvalue weighted by Crippen LogP contribution is 2.35. The van der Waals surface area contributed by atoms with Crippen LogP contribution in [0.2, 0.25) is 0 Å². The number of nitrogens with two attached hydrogens (primary N) is 1. The number of hydrogen-bond acceptors (Lipinski definition) is 9. The van der Waals surface area contributed by atoms with Gasteiger partial charge in [-0.2, -0.15) is 9.61 Å². The van der Waals surface area contributed by atoms with Crippen LogP contribution in [0.5, 0.6) is 0 Å². The van der Waals surface area contributed by atoms with Crippen molar-refractivity contribution >= 4 is 38.5 Å². The van der Waals surface area contributed by atoms with E-state index in [4.69, 9.17) is 10.7 Å². The van der Waals surface area contributed by atoms with Crippen molar-refractivity contribution in [2.75, 3.05) is 25.1 Å². The highest BCUT2D eigenvalue weighted by atomic mass is 32.2. The number of Topliss-reactive ketones (excluding diaryl/α,β-unsaturated/α-hetero) is 1. The standard InChI is InChI=1S/C29H29N9O3S/c1-17(39)24-25(19-10-12-37(13-11-19)29(40)27-32-16-33-36-27)35-28-22(15-34-38(28)26(24)30)20-6-9-23(31-14-20)18-4-7-21(8-5-18)42(2,3)41/h4-9,14-16,19H,2,10-13,30H2,1,3H3,(H,32,33,36). The van der Waals surface area contributed by atoms with Crippen LogP contribution in [0.1, 0.15) is 52.4 Å². The number of aromatic amines is 1. The number of aromatic nitrogens is 7. The third kappa shape index (κ3) is 4.91. The van der Waals surface area contributed by atoms with Crippen LogP contribution in [0.3, 0.4) is 0 Å². The molecule has 42 heavy (non-hydrogen) atoms. The molecule has 1 atom stereocenters. The smallest absolute Gasteiger partial charge is 0.291 e. The number of amides is 1. The maximum absolute atomic E-state index is 12.8. The highest BCUT2D eigenvalue weighted by Gasteiger charge is 2.31. The van der Waals surface area contributed by atoms with Crippen molar-refractivity contribution in [3.8, 4) is 22.4 Å². The van der Waals surface area contributed by atoms with Gasteiger partial charge in [0.25, 0.3) is 5.91 Å². The lowest BCUT2D eigenvalue weighted by Crippen LogP contribution is -2.39. The summed E-state index contributed by atoms with van der Waals surface area (Å²) in [7, 11) is -2.29. The minimum absolute atomic E-state index is 0.0719. The van der Waals surface area contributed by atoms with E-state index in [1.54, 1.807) is 35.7 Å². The zero-order valence-electron chi connectivity index (χ0n) is 23.1. The lowest BCUT2D eigenvalue weighted by molar-refractivity contribution is 0.0699. The van der Waals surface area contributed by atoms with Crippen LogP contribution in [-0.2, 0) is 9.52 Å². The molecule has 1 amide bonds. The van der Waals surface area contributed by atoms with Gasteiger partial charge in [0.05, 0.1) is 23.1 Å². The van der Waals surface area contributed by atoms with Gasteiger partial charge in [-0.15, -0.1) is 10.2 Å². The van der Waals surface area contributed by atoms with Crippen molar-refractivity contribution in [3.63, 3.8) is 0 Å². The molecule has 0 radical (unpaired) electrons. The van der Waals surface area contributed by atoms with Crippen LogP contribution in [-0.4, -0.2) is 80.8 Å². The average Bonchev–Trinajstić information content (AvgIpc) is 3.67. The lowest BCUT2D eigenvalue weighted by atomic mass is 9.89. The number of hydrogen-bond donors (Lipinski definition) is 2. The Bertz CT molecular complexity index is 1910. The minimum Gasteiger partial charge on any atom is -0.383 e. The van der Waals surface area contributed by atoms with E-state index in [0.29, 0.717) is 47.7 Å². The van der Waals surface area contributed by atoms with E-state index in [1.807, 2.05) is 24.3 Å². The topological polar surface area (TPSA) is 165 Å². The third-order valence-corrected chi connectivity index (χ3v) is 8.84. The molecule has 6 rings (SSSR count). The van der Waals surface area contributed by atoms with Gasteiger partial charge < -0.3 is 15.6 Å². The van der Waals surface area contributed by atoms with Gasteiger partial charge in [0, 0.05) is 53.0 Å².